The van der Waals surface area contributed by atoms with Gasteiger partial charge in [0, 0.05) is 11.9 Å². The summed E-state index contributed by atoms with van der Waals surface area (Å²) in [6.45, 7) is 2.69. The van der Waals surface area contributed by atoms with Crippen LogP contribution in [0.3, 0.4) is 0 Å². The first-order chi connectivity index (χ1) is 13.2. The molecule has 0 fully saturated rings. The van der Waals surface area contributed by atoms with Crippen molar-refractivity contribution in [3.05, 3.63) is 94.4 Å². The highest BCUT2D eigenvalue weighted by Crippen LogP contribution is 2.16. The minimum atomic E-state index is -0.517. The summed E-state index contributed by atoms with van der Waals surface area (Å²) in [6, 6.07) is 19.5. The van der Waals surface area contributed by atoms with Crippen LogP contribution < -0.4 is 20.5 Å². The van der Waals surface area contributed by atoms with Gasteiger partial charge >= 0.3 is 0 Å². The highest BCUT2D eigenvalue weighted by molar-refractivity contribution is 6.03. The molecule has 1 heterocycles. The van der Waals surface area contributed by atoms with Crippen molar-refractivity contribution in [1.82, 2.24) is 4.73 Å². The third-order valence-corrected chi connectivity index (χ3v) is 3.80. The van der Waals surface area contributed by atoms with E-state index in [1.807, 2.05) is 37.3 Å². The molecular weight excluding hydrogens is 344 g/mol. The maximum Gasteiger partial charge on any atom is 0.295 e. The number of pyridine rings is 1. The van der Waals surface area contributed by atoms with Crippen LogP contribution in [0.15, 0.2) is 77.7 Å². The van der Waals surface area contributed by atoms with E-state index in [1.165, 1.54) is 12.3 Å². The Morgan fingerprint density at radius 3 is 2.44 bits per heavy atom. The normalized spacial score (nSPS) is 10.3. The van der Waals surface area contributed by atoms with Crippen LogP contribution in [0.4, 0.5) is 5.69 Å². The van der Waals surface area contributed by atoms with Gasteiger partial charge in [-0.15, -0.1) is 0 Å². The number of carbonyl (C=O) groups excluding carboxylic acids is 1. The zero-order valence-electron chi connectivity index (χ0n) is 14.9. The predicted molar refractivity (Wildman–Crippen MR) is 103 cm³/mol. The lowest BCUT2D eigenvalue weighted by molar-refractivity contribution is 0.0863. The van der Waals surface area contributed by atoms with E-state index in [0.717, 1.165) is 10.3 Å². The van der Waals surface area contributed by atoms with E-state index in [-0.39, 0.29) is 12.2 Å². The molecule has 0 aliphatic heterocycles. The maximum atomic E-state index is 12.5. The van der Waals surface area contributed by atoms with Crippen molar-refractivity contribution in [1.29, 1.82) is 0 Å². The van der Waals surface area contributed by atoms with Crippen molar-refractivity contribution >= 4 is 11.6 Å². The van der Waals surface area contributed by atoms with Crippen molar-refractivity contribution in [3.63, 3.8) is 0 Å². The van der Waals surface area contributed by atoms with Gasteiger partial charge in [0.25, 0.3) is 11.5 Å². The molecule has 0 spiro atoms. The van der Waals surface area contributed by atoms with Gasteiger partial charge < -0.3 is 14.9 Å². The van der Waals surface area contributed by atoms with E-state index in [1.54, 1.807) is 30.3 Å². The van der Waals surface area contributed by atoms with Crippen LogP contribution in [0.1, 0.15) is 22.8 Å². The molecule has 6 heteroatoms. The standard InChI is InChI=1S/C21H20N2O4/c1-2-26-18-12-10-17(11-13-18)22-20(24)19-9-6-14-23(21(19)25)27-15-16-7-4-3-5-8-16/h3-14H,2,15H2,1H3,(H,22,24). The lowest BCUT2D eigenvalue weighted by Gasteiger charge is -2.10. The highest BCUT2D eigenvalue weighted by Gasteiger charge is 2.13. The minimum absolute atomic E-state index is 0.000513. The molecule has 0 bridgehead atoms. The molecule has 3 rings (SSSR count). The van der Waals surface area contributed by atoms with Crippen LogP contribution >= 0.6 is 0 Å². The smallest absolute Gasteiger partial charge is 0.295 e. The van der Waals surface area contributed by atoms with Gasteiger partial charge in [-0.3, -0.25) is 9.59 Å². The number of nitrogens with zero attached hydrogens (tertiary/aromatic N) is 1. The Bertz CT molecular complexity index is 950. The second kappa shape index (κ2) is 8.71. The number of rotatable bonds is 7. The first-order valence-corrected chi connectivity index (χ1v) is 8.60. The van der Waals surface area contributed by atoms with Crippen LogP contribution in [0.2, 0.25) is 0 Å². The molecule has 1 N–H and O–H groups in total. The molecule has 1 aromatic heterocycles. The largest absolute Gasteiger partial charge is 0.494 e. The van der Waals surface area contributed by atoms with Gasteiger partial charge in [-0.2, -0.15) is 4.73 Å². The summed E-state index contributed by atoms with van der Waals surface area (Å²) in [5.41, 5.74) is 0.980. The number of hydrogen-bond acceptors (Lipinski definition) is 4. The average molecular weight is 364 g/mol. The average Bonchev–Trinajstić information content (AvgIpc) is 2.69. The lowest BCUT2D eigenvalue weighted by Crippen LogP contribution is -2.32. The van der Waals surface area contributed by atoms with Crippen molar-refractivity contribution in [2.75, 3.05) is 11.9 Å². The fourth-order valence-corrected chi connectivity index (χ4v) is 2.47. The number of ether oxygens (including phenoxy) is 1. The van der Waals surface area contributed by atoms with Gasteiger partial charge in [0.05, 0.1) is 6.61 Å². The lowest BCUT2D eigenvalue weighted by atomic mass is 10.2. The van der Waals surface area contributed by atoms with E-state index >= 15 is 0 Å². The summed E-state index contributed by atoms with van der Waals surface area (Å²) in [5, 5.41) is 2.71. The highest BCUT2D eigenvalue weighted by atomic mass is 16.7. The number of amides is 1. The van der Waals surface area contributed by atoms with E-state index in [2.05, 4.69) is 5.32 Å². The summed E-state index contributed by atoms with van der Waals surface area (Å²) in [7, 11) is 0. The zero-order chi connectivity index (χ0) is 19.1. The molecular formula is C21H20N2O4. The molecule has 2 aromatic carbocycles. The third-order valence-electron chi connectivity index (χ3n) is 3.80. The van der Waals surface area contributed by atoms with E-state index in [0.29, 0.717) is 18.0 Å². The maximum absolute atomic E-state index is 12.5. The van der Waals surface area contributed by atoms with Crippen LogP contribution in [-0.2, 0) is 6.61 Å². The summed E-state index contributed by atoms with van der Waals surface area (Å²) in [5.74, 6) is 0.216. The van der Waals surface area contributed by atoms with Crippen molar-refractivity contribution in [3.8, 4) is 5.75 Å². The van der Waals surface area contributed by atoms with Crippen molar-refractivity contribution in [2.45, 2.75) is 13.5 Å². The molecule has 0 atom stereocenters. The number of carbonyl (C=O) groups is 1. The van der Waals surface area contributed by atoms with Gasteiger partial charge in [0.2, 0.25) is 0 Å². The van der Waals surface area contributed by atoms with Crippen LogP contribution in [0.25, 0.3) is 0 Å². The van der Waals surface area contributed by atoms with Gasteiger partial charge in [0.15, 0.2) is 0 Å². The summed E-state index contributed by atoms with van der Waals surface area (Å²) >= 11 is 0. The molecule has 3 aromatic rings. The summed E-state index contributed by atoms with van der Waals surface area (Å²) in [4.78, 5) is 30.5. The van der Waals surface area contributed by atoms with Crippen LogP contribution in [0.5, 0.6) is 5.75 Å². The SMILES string of the molecule is CCOc1ccc(NC(=O)c2cccn(OCc3ccccc3)c2=O)cc1. The van der Waals surface area contributed by atoms with Gasteiger partial charge in [0.1, 0.15) is 17.9 Å². The molecule has 1 amide bonds. The first-order valence-electron chi connectivity index (χ1n) is 8.60. The van der Waals surface area contributed by atoms with Gasteiger partial charge in [-0.25, -0.2) is 0 Å². The molecule has 0 saturated carbocycles. The second-order valence-electron chi connectivity index (χ2n) is 5.72. The minimum Gasteiger partial charge on any atom is -0.494 e. The molecule has 0 radical (unpaired) electrons. The number of aromatic nitrogens is 1. The monoisotopic (exact) mass is 364 g/mol. The second-order valence-corrected chi connectivity index (χ2v) is 5.72. The molecule has 138 valence electrons. The number of nitrogens with one attached hydrogen (secondary N) is 1. The fourth-order valence-electron chi connectivity index (χ4n) is 2.47. The zero-order valence-corrected chi connectivity index (χ0v) is 14.9. The van der Waals surface area contributed by atoms with Crippen LogP contribution in [0, 0.1) is 0 Å². The Hall–Kier alpha value is -3.54. The number of anilines is 1. The van der Waals surface area contributed by atoms with Crippen LogP contribution in [-0.4, -0.2) is 17.2 Å². The predicted octanol–water partition coefficient (Wildman–Crippen LogP) is 3.13. The quantitative estimate of drug-likeness (QED) is 0.699. The summed E-state index contributed by atoms with van der Waals surface area (Å²) in [6.07, 6.45) is 1.49. The van der Waals surface area contributed by atoms with E-state index < -0.39 is 11.5 Å². The molecule has 6 nitrogen and oxygen atoms in total. The van der Waals surface area contributed by atoms with Crippen molar-refractivity contribution < 1.29 is 14.4 Å². The molecule has 0 unspecified atom stereocenters. The summed E-state index contributed by atoms with van der Waals surface area (Å²) < 4.78 is 6.44. The third kappa shape index (κ3) is 4.76. The van der Waals surface area contributed by atoms with E-state index in [9.17, 15) is 9.59 Å². The Morgan fingerprint density at radius 2 is 1.74 bits per heavy atom. The molecule has 0 aliphatic carbocycles. The van der Waals surface area contributed by atoms with Gasteiger partial charge in [-0.1, -0.05) is 30.3 Å². The van der Waals surface area contributed by atoms with Gasteiger partial charge in [-0.05, 0) is 48.9 Å². The topological polar surface area (TPSA) is 69.6 Å². The van der Waals surface area contributed by atoms with Crippen molar-refractivity contribution in [2.24, 2.45) is 0 Å². The Morgan fingerprint density at radius 1 is 1.00 bits per heavy atom. The fraction of sp³-hybridized carbons (Fsp3) is 0.143. The number of hydrogen-bond donors (Lipinski definition) is 1. The number of benzene rings is 2. The molecule has 27 heavy (non-hydrogen) atoms. The molecule has 0 aliphatic rings. The Balaban J connectivity index is 1.70. The molecule has 0 saturated heterocycles. The Kier molecular flexibility index (Phi) is 5.89. The Labute approximate surface area is 156 Å². The first kappa shape index (κ1) is 18.3. The van der Waals surface area contributed by atoms with E-state index in [4.69, 9.17) is 9.57 Å².